The highest BCUT2D eigenvalue weighted by atomic mass is 16.2. The predicted molar refractivity (Wildman–Crippen MR) is 85.8 cm³/mol. The first-order valence-electron chi connectivity index (χ1n) is 7.84. The lowest BCUT2D eigenvalue weighted by molar-refractivity contribution is -0.135. The van der Waals surface area contributed by atoms with Crippen LogP contribution in [0.3, 0.4) is 0 Å². The summed E-state index contributed by atoms with van der Waals surface area (Å²) in [6.07, 6.45) is 3.23. The number of amides is 1. The van der Waals surface area contributed by atoms with E-state index >= 15 is 0 Å². The van der Waals surface area contributed by atoms with Gasteiger partial charge in [0.2, 0.25) is 5.91 Å². The van der Waals surface area contributed by atoms with Gasteiger partial charge in [0, 0.05) is 18.0 Å². The lowest BCUT2D eigenvalue weighted by Crippen LogP contribution is -2.45. The molecule has 0 radical (unpaired) electrons. The quantitative estimate of drug-likeness (QED) is 0.853. The van der Waals surface area contributed by atoms with Gasteiger partial charge in [-0.15, -0.1) is 0 Å². The molecule has 1 saturated heterocycles. The second kappa shape index (κ2) is 5.91. The normalized spacial score (nSPS) is 18.6. The van der Waals surface area contributed by atoms with E-state index in [0.29, 0.717) is 5.39 Å². The largest absolute Gasteiger partial charge is 0.338 e. The first kappa shape index (κ1) is 14.8. The Morgan fingerprint density at radius 3 is 2.73 bits per heavy atom. The highest BCUT2D eigenvalue weighted by Gasteiger charge is 2.24. The van der Waals surface area contributed by atoms with E-state index in [9.17, 15) is 9.59 Å². The van der Waals surface area contributed by atoms with Gasteiger partial charge in [0.05, 0.1) is 11.1 Å². The van der Waals surface area contributed by atoms with Crippen LogP contribution < -0.4 is 5.56 Å². The molecule has 22 heavy (non-hydrogen) atoms. The second-order valence-electron chi connectivity index (χ2n) is 6.03. The molecule has 1 unspecified atom stereocenters. The van der Waals surface area contributed by atoms with Crippen LogP contribution >= 0.6 is 0 Å². The third-order valence-corrected chi connectivity index (χ3v) is 4.46. The van der Waals surface area contributed by atoms with Gasteiger partial charge < -0.3 is 4.90 Å². The molecule has 116 valence electrons. The van der Waals surface area contributed by atoms with Crippen LogP contribution in [-0.4, -0.2) is 33.2 Å². The fraction of sp³-hybridized carbons (Fsp3) is 0.471. The molecule has 2 aromatic rings. The van der Waals surface area contributed by atoms with Crippen molar-refractivity contribution >= 4 is 16.7 Å². The molecule has 2 heterocycles. The number of likely N-dealkylation sites (tertiary alicyclic amines) is 1. The average Bonchev–Trinajstić information content (AvgIpc) is 2.52. The Bertz CT molecular complexity index is 766. The van der Waals surface area contributed by atoms with Crippen LogP contribution in [0.25, 0.3) is 10.8 Å². The zero-order valence-electron chi connectivity index (χ0n) is 13.1. The van der Waals surface area contributed by atoms with E-state index in [0.717, 1.165) is 36.9 Å². The molecular weight excluding hydrogens is 278 g/mol. The fourth-order valence-electron chi connectivity index (χ4n) is 3.20. The molecule has 5 heteroatoms. The number of aryl methyl sites for hydroxylation is 1. The molecule has 0 N–H and O–H groups in total. The molecule has 5 nitrogen and oxygen atoms in total. The summed E-state index contributed by atoms with van der Waals surface area (Å²) in [5.41, 5.74) is 0.578. The van der Waals surface area contributed by atoms with Gasteiger partial charge in [-0.25, -0.2) is 4.68 Å². The summed E-state index contributed by atoms with van der Waals surface area (Å²) >= 11 is 0. The van der Waals surface area contributed by atoms with Crippen LogP contribution in [0, 0.1) is 6.92 Å². The van der Waals surface area contributed by atoms with Crippen LogP contribution in [0.4, 0.5) is 0 Å². The third kappa shape index (κ3) is 2.63. The van der Waals surface area contributed by atoms with Gasteiger partial charge in [0.15, 0.2) is 0 Å². The summed E-state index contributed by atoms with van der Waals surface area (Å²) < 4.78 is 1.31. The molecular formula is C17H21N3O2. The monoisotopic (exact) mass is 299 g/mol. The molecule has 1 aromatic carbocycles. The summed E-state index contributed by atoms with van der Waals surface area (Å²) in [6, 6.07) is 7.65. The third-order valence-electron chi connectivity index (χ3n) is 4.46. The fourth-order valence-corrected chi connectivity index (χ4v) is 3.20. The van der Waals surface area contributed by atoms with E-state index in [1.54, 1.807) is 6.07 Å². The van der Waals surface area contributed by atoms with Crippen molar-refractivity contribution in [2.45, 2.75) is 45.7 Å². The number of hydrogen-bond donors (Lipinski definition) is 0. The Kier molecular flexibility index (Phi) is 3.96. The number of aromatic nitrogens is 2. The Morgan fingerprint density at radius 2 is 2.00 bits per heavy atom. The molecule has 1 aliphatic rings. The maximum atomic E-state index is 12.5. The van der Waals surface area contributed by atoms with Crippen molar-refractivity contribution in [3.63, 3.8) is 0 Å². The molecule has 0 bridgehead atoms. The number of benzene rings is 1. The minimum atomic E-state index is -0.195. The van der Waals surface area contributed by atoms with E-state index in [2.05, 4.69) is 12.0 Å². The number of nitrogens with zero attached hydrogens (tertiary/aromatic N) is 3. The van der Waals surface area contributed by atoms with E-state index in [-0.39, 0.29) is 24.1 Å². The summed E-state index contributed by atoms with van der Waals surface area (Å²) in [7, 11) is 0. The van der Waals surface area contributed by atoms with E-state index in [1.165, 1.54) is 4.68 Å². The number of fused-ring (bicyclic) bond motifs is 1. The maximum absolute atomic E-state index is 12.5. The molecule has 1 amide bonds. The van der Waals surface area contributed by atoms with E-state index < -0.39 is 0 Å². The van der Waals surface area contributed by atoms with Crippen molar-refractivity contribution < 1.29 is 4.79 Å². The minimum Gasteiger partial charge on any atom is -0.338 e. The lowest BCUT2D eigenvalue weighted by atomic mass is 10.0. The van der Waals surface area contributed by atoms with Crippen LogP contribution in [0.5, 0.6) is 0 Å². The topological polar surface area (TPSA) is 55.2 Å². The molecule has 3 rings (SSSR count). The van der Waals surface area contributed by atoms with Crippen LogP contribution in [0.1, 0.15) is 31.9 Å². The number of rotatable bonds is 2. The van der Waals surface area contributed by atoms with Crippen LogP contribution in [0.15, 0.2) is 29.1 Å². The first-order chi connectivity index (χ1) is 10.6. The summed E-state index contributed by atoms with van der Waals surface area (Å²) in [4.78, 5) is 26.9. The van der Waals surface area contributed by atoms with E-state index in [4.69, 9.17) is 0 Å². The smallest absolute Gasteiger partial charge is 0.275 e. The summed E-state index contributed by atoms with van der Waals surface area (Å²) in [5.74, 6) is -0.0171. The number of hydrogen-bond acceptors (Lipinski definition) is 3. The van der Waals surface area contributed by atoms with Crippen LogP contribution in [0.2, 0.25) is 0 Å². The number of carbonyl (C=O) groups excluding carboxylic acids is 1. The summed E-state index contributed by atoms with van der Waals surface area (Å²) in [5, 5.41) is 5.79. The standard InChI is InChI=1S/C17H21N3O2/c1-12-7-5-6-10-19(12)16(21)11-20-17(22)15-9-4-3-8-14(15)13(2)18-20/h3-4,8-9,12H,5-7,10-11H2,1-2H3. The molecule has 1 fully saturated rings. The zero-order valence-corrected chi connectivity index (χ0v) is 13.1. The van der Waals surface area contributed by atoms with Gasteiger partial charge in [-0.1, -0.05) is 18.2 Å². The van der Waals surface area contributed by atoms with Crippen molar-refractivity contribution in [1.29, 1.82) is 0 Å². The highest BCUT2D eigenvalue weighted by molar-refractivity contribution is 5.83. The average molecular weight is 299 g/mol. The van der Waals surface area contributed by atoms with Crippen molar-refractivity contribution in [3.8, 4) is 0 Å². The Hall–Kier alpha value is -2.17. The molecule has 1 aliphatic heterocycles. The van der Waals surface area contributed by atoms with Crippen molar-refractivity contribution in [3.05, 3.63) is 40.3 Å². The van der Waals surface area contributed by atoms with E-state index in [1.807, 2.05) is 30.0 Å². The lowest BCUT2D eigenvalue weighted by Gasteiger charge is -2.33. The van der Waals surface area contributed by atoms with Crippen molar-refractivity contribution in [2.75, 3.05) is 6.54 Å². The van der Waals surface area contributed by atoms with Gasteiger partial charge in [0.1, 0.15) is 6.54 Å². The number of piperidine rings is 1. The molecule has 1 aromatic heterocycles. The van der Waals surface area contributed by atoms with Gasteiger partial charge in [0.25, 0.3) is 5.56 Å². The molecule has 0 aliphatic carbocycles. The zero-order chi connectivity index (χ0) is 15.7. The Balaban J connectivity index is 1.92. The van der Waals surface area contributed by atoms with Gasteiger partial charge in [-0.05, 0) is 39.2 Å². The number of carbonyl (C=O) groups is 1. The molecule has 0 saturated carbocycles. The molecule has 0 spiro atoms. The minimum absolute atomic E-state index is 0.0171. The first-order valence-corrected chi connectivity index (χ1v) is 7.84. The highest BCUT2D eigenvalue weighted by Crippen LogP contribution is 2.17. The van der Waals surface area contributed by atoms with Crippen molar-refractivity contribution in [1.82, 2.24) is 14.7 Å². The van der Waals surface area contributed by atoms with Crippen molar-refractivity contribution in [2.24, 2.45) is 0 Å². The van der Waals surface area contributed by atoms with Gasteiger partial charge in [-0.2, -0.15) is 5.10 Å². The second-order valence-corrected chi connectivity index (χ2v) is 6.03. The van der Waals surface area contributed by atoms with Crippen LogP contribution in [-0.2, 0) is 11.3 Å². The SMILES string of the molecule is Cc1nn(CC(=O)N2CCCCC2C)c(=O)c2ccccc12. The summed E-state index contributed by atoms with van der Waals surface area (Å²) in [6.45, 7) is 4.74. The van der Waals surface area contributed by atoms with Gasteiger partial charge in [-0.3, -0.25) is 9.59 Å². The Labute approximate surface area is 129 Å². The van der Waals surface area contributed by atoms with Gasteiger partial charge >= 0.3 is 0 Å². The predicted octanol–water partition coefficient (Wildman–Crippen LogP) is 2.11. The Morgan fingerprint density at radius 1 is 1.27 bits per heavy atom. The maximum Gasteiger partial charge on any atom is 0.275 e. The molecule has 1 atom stereocenters.